The lowest BCUT2D eigenvalue weighted by molar-refractivity contribution is 0.281. The molecule has 112 valence electrons. The predicted molar refractivity (Wildman–Crippen MR) is 85.6 cm³/mol. The molecule has 0 fully saturated rings. The van der Waals surface area contributed by atoms with Crippen molar-refractivity contribution in [2.24, 2.45) is 0 Å². The molecule has 0 radical (unpaired) electrons. The summed E-state index contributed by atoms with van der Waals surface area (Å²) in [6.07, 6.45) is 1.12. The summed E-state index contributed by atoms with van der Waals surface area (Å²) in [7, 11) is 0. The molecule has 2 aromatic rings. The fourth-order valence-electron chi connectivity index (χ4n) is 2.13. The van der Waals surface area contributed by atoms with Gasteiger partial charge in [0.2, 0.25) is 0 Å². The normalized spacial score (nSPS) is 12.1. The van der Waals surface area contributed by atoms with Gasteiger partial charge in [0.05, 0.1) is 6.61 Å². The Hall–Kier alpha value is -1.84. The van der Waals surface area contributed by atoms with Crippen molar-refractivity contribution >= 4 is 0 Å². The Balaban J connectivity index is 2.06. The SMILES string of the molecule is CCCNC(C)c1cccc(Oc2ccc(CO)cc2)c1. The molecule has 0 aliphatic carbocycles. The molecule has 0 spiro atoms. The standard InChI is InChI=1S/C18H23NO2/c1-3-11-19-14(2)16-5-4-6-18(12-16)21-17-9-7-15(13-20)8-10-17/h4-10,12,14,19-20H,3,11,13H2,1-2H3. The van der Waals surface area contributed by atoms with E-state index in [0.29, 0.717) is 6.04 Å². The van der Waals surface area contributed by atoms with Crippen molar-refractivity contribution in [3.8, 4) is 11.5 Å². The second-order valence-corrected chi connectivity index (χ2v) is 5.15. The zero-order valence-corrected chi connectivity index (χ0v) is 12.7. The monoisotopic (exact) mass is 285 g/mol. The molecule has 0 aliphatic rings. The molecule has 0 aliphatic heterocycles. The first kappa shape index (κ1) is 15.5. The van der Waals surface area contributed by atoms with E-state index in [1.165, 1.54) is 5.56 Å². The van der Waals surface area contributed by atoms with E-state index in [9.17, 15) is 0 Å². The number of aliphatic hydroxyl groups excluding tert-OH is 1. The molecule has 0 aromatic heterocycles. The molecule has 0 amide bonds. The van der Waals surface area contributed by atoms with Crippen LogP contribution in [0.5, 0.6) is 11.5 Å². The number of ether oxygens (including phenoxy) is 1. The van der Waals surface area contributed by atoms with Gasteiger partial charge in [-0.1, -0.05) is 31.2 Å². The van der Waals surface area contributed by atoms with Gasteiger partial charge in [-0.05, 0) is 55.3 Å². The van der Waals surface area contributed by atoms with E-state index in [1.807, 2.05) is 36.4 Å². The molecule has 2 N–H and O–H groups in total. The third-order valence-corrected chi connectivity index (χ3v) is 3.40. The van der Waals surface area contributed by atoms with Crippen LogP contribution >= 0.6 is 0 Å². The first-order valence-corrected chi connectivity index (χ1v) is 7.44. The Kier molecular flexibility index (Phi) is 5.78. The third-order valence-electron chi connectivity index (χ3n) is 3.40. The minimum absolute atomic E-state index is 0.0520. The lowest BCUT2D eigenvalue weighted by Gasteiger charge is -2.15. The van der Waals surface area contributed by atoms with E-state index in [-0.39, 0.29) is 6.61 Å². The van der Waals surface area contributed by atoms with Gasteiger partial charge in [-0.2, -0.15) is 0 Å². The van der Waals surface area contributed by atoms with Gasteiger partial charge < -0.3 is 15.2 Å². The summed E-state index contributed by atoms with van der Waals surface area (Å²) in [6.45, 7) is 5.38. The summed E-state index contributed by atoms with van der Waals surface area (Å²) >= 11 is 0. The van der Waals surface area contributed by atoms with Gasteiger partial charge in [-0.15, -0.1) is 0 Å². The highest BCUT2D eigenvalue weighted by Gasteiger charge is 2.06. The minimum atomic E-state index is 0.0520. The van der Waals surface area contributed by atoms with E-state index in [1.54, 1.807) is 0 Å². The van der Waals surface area contributed by atoms with Crippen LogP contribution in [0.25, 0.3) is 0 Å². The third kappa shape index (κ3) is 4.59. The van der Waals surface area contributed by atoms with E-state index in [2.05, 4.69) is 31.3 Å². The maximum Gasteiger partial charge on any atom is 0.127 e. The van der Waals surface area contributed by atoms with Crippen LogP contribution in [0.15, 0.2) is 48.5 Å². The number of rotatable bonds is 7. The first-order valence-electron chi connectivity index (χ1n) is 7.44. The highest BCUT2D eigenvalue weighted by molar-refractivity contribution is 5.36. The summed E-state index contributed by atoms with van der Waals surface area (Å²) in [4.78, 5) is 0. The summed E-state index contributed by atoms with van der Waals surface area (Å²) in [5.74, 6) is 1.60. The summed E-state index contributed by atoms with van der Waals surface area (Å²) in [5.41, 5.74) is 2.10. The van der Waals surface area contributed by atoms with Crippen LogP contribution in [0, 0.1) is 0 Å². The lowest BCUT2D eigenvalue weighted by atomic mass is 10.1. The molecule has 0 saturated heterocycles. The Bertz CT molecular complexity index is 551. The Morgan fingerprint density at radius 1 is 1.10 bits per heavy atom. The van der Waals surface area contributed by atoms with Crippen molar-refractivity contribution in [1.29, 1.82) is 0 Å². The maximum absolute atomic E-state index is 9.04. The lowest BCUT2D eigenvalue weighted by Crippen LogP contribution is -2.19. The van der Waals surface area contributed by atoms with Crippen LogP contribution in [0.2, 0.25) is 0 Å². The van der Waals surface area contributed by atoms with Gasteiger partial charge >= 0.3 is 0 Å². The first-order chi connectivity index (χ1) is 10.2. The number of benzene rings is 2. The van der Waals surface area contributed by atoms with Crippen molar-refractivity contribution in [1.82, 2.24) is 5.32 Å². The Labute approximate surface area is 126 Å². The largest absolute Gasteiger partial charge is 0.457 e. The van der Waals surface area contributed by atoms with Crippen LogP contribution in [-0.2, 0) is 6.61 Å². The Morgan fingerprint density at radius 2 is 1.86 bits per heavy atom. The smallest absolute Gasteiger partial charge is 0.127 e. The summed E-state index contributed by atoms with van der Waals surface area (Å²) in [5, 5.41) is 12.5. The van der Waals surface area contributed by atoms with E-state index < -0.39 is 0 Å². The number of aliphatic hydroxyl groups is 1. The minimum Gasteiger partial charge on any atom is -0.457 e. The van der Waals surface area contributed by atoms with Crippen LogP contribution in [0.4, 0.5) is 0 Å². The topological polar surface area (TPSA) is 41.5 Å². The second-order valence-electron chi connectivity index (χ2n) is 5.15. The van der Waals surface area contributed by atoms with Crippen LogP contribution in [-0.4, -0.2) is 11.7 Å². The molecule has 3 nitrogen and oxygen atoms in total. The molecule has 0 heterocycles. The van der Waals surface area contributed by atoms with Gasteiger partial charge in [-0.25, -0.2) is 0 Å². The average Bonchev–Trinajstić information content (AvgIpc) is 2.53. The summed E-state index contributed by atoms with van der Waals surface area (Å²) < 4.78 is 5.86. The number of nitrogens with one attached hydrogen (secondary N) is 1. The van der Waals surface area contributed by atoms with Gasteiger partial charge in [0, 0.05) is 6.04 Å². The number of hydrogen-bond acceptors (Lipinski definition) is 3. The van der Waals surface area contributed by atoms with Crippen molar-refractivity contribution in [2.75, 3.05) is 6.54 Å². The quantitative estimate of drug-likeness (QED) is 0.807. The zero-order chi connectivity index (χ0) is 15.1. The zero-order valence-electron chi connectivity index (χ0n) is 12.7. The fraction of sp³-hybridized carbons (Fsp3) is 0.333. The molecule has 1 atom stereocenters. The van der Waals surface area contributed by atoms with E-state index in [0.717, 1.165) is 30.0 Å². The molecule has 1 unspecified atom stereocenters. The summed E-state index contributed by atoms with van der Waals surface area (Å²) in [6, 6.07) is 15.9. The molecule has 0 saturated carbocycles. The van der Waals surface area contributed by atoms with Crippen LogP contribution in [0.1, 0.15) is 37.4 Å². The second kappa shape index (κ2) is 7.81. The van der Waals surface area contributed by atoms with Crippen LogP contribution < -0.4 is 10.1 Å². The van der Waals surface area contributed by atoms with Crippen molar-refractivity contribution < 1.29 is 9.84 Å². The van der Waals surface area contributed by atoms with Crippen molar-refractivity contribution in [3.05, 3.63) is 59.7 Å². The van der Waals surface area contributed by atoms with Crippen LogP contribution in [0.3, 0.4) is 0 Å². The van der Waals surface area contributed by atoms with Crippen molar-refractivity contribution in [3.63, 3.8) is 0 Å². The molecular weight excluding hydrogens is 262 g/mol. The van der Waals surface area contributed by atoms with E-state index >= 15 is 0 Å². The molecule has 2 rings (SSSR count). The van der Waals surface area contributed by atoms with E-state index in [4.69, 9.17) is 9.84 Å². The average molecular weight is 285 g/mol. The molecule has 0 bridgehead atoms. The van der Waals surface area contributed by atoms with Crippen molar-refractivity contribution in [2.45, 2.75) is 32.9 Å². The molecule has 3 heteroatoms. The number of hydrogen-bond donors (Lipinski definition) is 2. The van der Waals surface area contributed by atoms with Gasteiger partial charge in [-0.3, -0.25) is 0 Å². The van der Waals surface area contributed by atoms with Gasteiger partial charge in [0.15, 0.2) is 0 Å². The fourth-order valence-corrected chi connectivity index (χ4v) is 2.13. The molecular formula is C18H23NO2. The van der Waals surface area contributed by atoms with Gasteiger partial charge in [0.25, 0.3) is 0 Å². The molecule has 21 heavy (non-hydrogen) atoms. The highest BCUT2D eigenvalue weighted by Crippen LogP contribution is 2.25. The molecule has 2 aromatic carbocycles. The highest BCUT2D eigenvalue weighted by atomic mass is 16.5. The van der Waals surface area contributed by atoms with Gasteiger partial charge in [0.1, 0.15) is 11.5 Å². The predicted octanol–water partition coefficient (Wildman–Crippen LogP) is 4.03. The Morgan fingerprint density at radius 3 is 2.52 bits per heavy atom. The maximum atomic E-state index is 9.04.